The van der Waals surface area contributed by atoms with Crippen LogP contribution in [0.25, 0.3) is 10.8 Å². The molecular weight excluding hydrogens is 216 g/mol. The van der Waals surface area contributed by atoms with Crippen LogP contribution in [0.3, 0.4) is 0 Å². The molecule has 18 heavy (non-hydrogen) atoms. The van der Waals surface area contributed by atoms with E-state index in [4.69, 9.17) is 0 Å². The average Bonchev–Trinajstić information content (AvgIpc) is 2.26. The van der Waals surface area contributed by atoms with E-state index in [1.165, 1.54) is 22.3 Å². The Labute approximate surface area is 111 Å². The molecule has 0 atom stereocenters. The summed E-state index contributed by atoms with van der Waals surface area (Å²) in [6.07, 6.45) is 0. The van der Waals surface area contributed by atoms with Crippen molar-refractivity contribution in [3.8, 4) is 0 Å². The molecule has 0 aliphatic heterocycles. The van der Waals surface area contributed by atoms with Crippen molar-refractivity contribution >= 4 is 10.8 Å². The number of hydrogen-bond acceptors (Lipinski definition) is 0. The summed E-state index contributed by atoms with van der Waals surface area (Å²) in [5.41, 5.74) is 1.60. The molecule has 0 aliphatic carbocycles. The molecule has 0 saturated heterocycles. The Hall–Kier alpha value is -1.30. The van der Waals surface area contributed by atoms with Gasteiger partial charge in [0.2, 0.25) is 0 Å². The molecule has 2 aromatic rings. The van der Waals surface area contributed by atoms with Gasteiger partial charge in [0.25, 0.3) is 0 Å². The monoisotopic (exact) mass is 239 g/mol. The van der Waals surface area contributed by atoms with Crippen LogP contribution in [-0.4, -0.2) is 0 Å². The molecule has 0 unspecified atom stereocenters. The van der Waals surface area contributed by atoms with Crippen molar-refractivity contribution in [2.75, 3.05) is 0 Å². The van der Waals surface area contributed by atoms with Crippen molar-refractivity contribution < 1.29 is 0 Å². The largest absolute Gasteiger partial charge is 0.0619 e. The lowest BCUT2D eigenvalue weighted by Gasteiger charge is -2.34. The average molecular weight is 239 g/mol. The quantitative estimate of drug-likeness (QED) is 0.652. The van der Waals surface area contributed by atoms with Crippen molar-refractivity contribution in [1.82, 2.24) is 0 Å². The van der Waals surface area contributed by atoms with Crippen LogP contribution in [0, 0.1) is 17.3 Å². The van der Waals surface area contributed by atoms with Crippen LogP contribution in [0.1, 0.15) is 40.2 Å². The van der Waals surface area contributed by atoms with Crippen molar-refractivity contribution in [3.05, 3.63) is 53.9 Å². The van der Waals surface area contributed by atoms with Gasteiger partial charge < -0.3 is 0 Å². The zero-order valence-corrected chi connectivity index (χ0v) is 12.1. The van der Waals surface area contributed by atoms with Crippen LogP contribution in [0.2, 0.25) is 0 Å². The maximum absolute atomic E-state index is 2.33. The van der Waals surface area contributed by atoms with Crippen molar-refractivity contribution in [2.24, 2.45) is 11.3 Å². The van der Waals surface area contributed by atoms with E-state index in [-0.39, 0.29) is 5.41 Å². The lowest BCUT2D eigenvalue weighted by Crippen LogP contribution is -2.24. The second kappa shape index (κ2) is 4.76. The van der Waals surface area contributed by atoms with Crippen molar-refractivity contribution in [2.45, 2.75) is 34.6 Å². The third-order valence-corrected chi connectivity index (χ3v) is 3.45. The van der Waals surface area contributed by atoms with Crippen LogP contribution in [0.4, 0.5) is 0 Å². The Bertz CT molecular complexity index is 529. The molecule has 0 heterocycles. The zero-order chi connectivity index (χ0) is 13.3. The molecule has 2 aromatic carbocycles. The van der Waals surface area contributed by atoms with Crippen LogP contribution in [0.15, 0.2) is 42.5 Å². The van der Waals surface area contributed by atoms with Crippen molar-refractivity contribution in [1.29, 1.82) is 0 Å². The van der Waals surface area contributed by atoms with E-state index in [2.05, 4.69) is 77.1 Å². The molecule has 0 N–H and O–H groups in total. The van der Waals surface area contributed by atoms with Gasteiger partial charge in [-0.25, -0.2) is 0 Å². The van der Waals surface area contributed by atoms with E-state index in [1.54, 1.807) is 0 Å². The molecule has 0 heteroatoms. The summed E-state index contributed by atoms with van der Waals surface area (Å²) in [5.74, 6) is 2.11. The Morgan fingerprint density at radius 3 is 2.06 bits per heavy atom. The first-order valence-corrected chi connectivity index (χ1v) is 6.76. The summed E-state index contributed by atoms with van der Waals surface area (Å²) >= 11 is 0. The van der Waals surface area contributed by atoms with E-state index in [9.17, 15) is 0 Å². The summed E-state index contributed by atoms with van der Waals surface area (Å²) in [6, 6.07) is 15.4. The van der Waals surface area contributed by atoms with Crippen LogP contribution < -0.4 is 0 Å². The summed E-state index contributed by atoms with van der Waals surface area (Å²) in [4.78, 5) is 0. The molecule has 0 aliphatic rings. The number of fused-ring (bicyclic) bond motifs is 1. The highest BCUT2D eigenvalue weighted by atomic mass is 14.3. The molecule has 0 aromatic heterocycles. The highest BCUT2D eigenvalue weighted by Crippen LogP contribution is 2.40. The van der Waals surface area contributed by atoms with E-state index in [0.717, 1.165) is 0 Å². The minimum absolute atomic E-state index is 0.219. The zero-order valence-electron chi connectivity index (χ0n) is 12.1. The highest BCUT2D eigenvalue weighted by Gasteiger charge is 2.29. The van der Waals surface area contributed by atoms with Crippen LogP contribution in [-0.2, 0) is 0 Å². The maximum Gasteiger partial charge on any atom is 0.0129 e. The molecule has 2 rings (SSSR count). The predicted molar refractivity (Wildman–Crippen MR) is 80.6 cm³/mol. The topological polar surface area (TPSA) is 0 Å². The third kappa shape index (κ3) is 2.58. The molecule has 0 fully saturated rings. The highest BCUT2D eigenvalue weighted by molar-refractivity contribution is 5.83. The normalized spacial score (nSPS) is 12.6. The van der Waals surface area contributed by atoms with E-state index >= 15 is 0 Å². The number of benzene rings is 2. The van der Waals surface area contributed by atoms with E-state index < -0.39 is 0 Å². The van der Waals surface area contributed by atoms with Crippen LogP contribution in [0.5, 0.6) is 0 Å². The van der Waals surface area contributed by atoms with Gasteiger partial charge in [0.15, 0.2) is 0 Å². The lowest BCUT2D eigenvalue weighted by atomic mass is 9.70. The minimum Gasteiger partial charge on any atom is -0.0619 e. The smallest absolute Gasteiger partial charge is 0.0129 e. The minimum atomic E-state index is 0.219. The fourth-order valence-corrected chi connectivity index (χ4v) is 2.99. The molecule has 0 spiro atoms. The maximum atomic E-state index is 2.33. The first-order valence-electron chi connectivity index (χ1n) is 6.76. The third-order valence-electron chi connectivity index (χ3n) is 3.45. The lowest BCUT2D eigenvalue weighted by molar-refractivity contribution is 0.385. The summed E-state index contributed by atoms with van der Waals surface area (Å²) in [6.45, 7) is 11.5. The van der Waals surface area contributed by atoms with Gasteiger partial charge in [-0.15, -0.1) is 0 Å². The Balaban J connectivity index is 2.51. The molecule has 1 radical (unpaired) electrons. The van der Waals surface area contributed by atoms with Gasteiger partial charge >= 0.3 is 0 Å². The summed E-state index contributed by atoms with van der Waals surface area (Å²) in [5, 5.41) is 2.65. The Kier molecular flexibility index (Phi) is 3.47. The number of hydrogen-bond donors (Lipinski definition) is 0. The fraction of sp³-hybridized carbons (Fsp3) is 0.389. The second-order valence-corrected chi connectivity index (χ2v) is 6.38. The first-order chi connectivity index (χ1) is 8.39. The summed E-state index contributed by atoms with van der Waals surface area (Å²) < 4.78 is 0. The Morgan fingerprint density at radius 2 is 1.50 bits per heavy atom. The van der Waals surface area contributed by atoms with Crippen molar-refractivity contribution in [3.63, 3.8) is 0 Å². The fourth-order valence-electron chi connectivity index (χ4n) is 2.99. The predicted octanol–water partition coefficient (Wildman–Crippen LogP) is 5.46. The van der Waals surface area contributed by atoms with Gasteiger partial charge in [-0.1, -0.05) is 77.1 Å². The Morgan fingerprint density at radius 1 is 0.889 bits per heavy atom. The van der Waals surface area contributed by atoms with Gasteiger partial charge in [-0.2, -0.15) is 0 Å². The molecule has 0 nitrogen and oxygen atoms in total. The molecule has 95 valence electrons. The van der Waals surface area contributed by atoms with Gasteiger partial charge in [0, 0.05) is 5.92 Å². The first kappa shape index (κ1) is 13.1. The van der Waals surface area contributed by atoms with Gasteiger partial charge in [0.05, 0.1) is 0 Å². The SMILES string of the molecule is CC(C)[C](c1ccc2ccccc2c1)C(C)(C)C. The molecular formula is C18H23. The summed E-state index contributed by atoms with van der Waals surface area (Å²) in [7, 11) is 0. The van der Waals surface area contributed by atoms with Crippen LogP contribution >= 0.6 is 0 Å². The van der Waals surface area contributed by atoms with E-state index in [0.29, 0.717) is 5.92 Å². The van der Waals surface area contributed by atoms with Gasteiger partial charge in [0.1, 0.15) is 0 Å². The van der Waals surface area contributed by atoms with Gasteiger partial charge in [-0.3, -0.25) is 0 Å². The molecule has 0 bridgehead atoms. The van der Waals surface area contributed by atoms with E-state index in [1.807, 2.05) is 0 Å². The molecule has 0 amide bonds. The van der Waals surface area contributed by atoms with Gasteiger partial charge in [-0.05, 0) is 27.7 Å². The number of rotatable bonds is 2. The second-order valence-electron chi connectivity index (χ2n) is 6.38. The standard InChI is InChI=1S/C18H23/c1-13(2)17(18(3,4)5)16-11-10-14-8-6-7-9-15(14)12-16/h6-13H,1-5H3. The molecule has 0 saturated carbocycles.